The Balaban J connectivity index is 1.40. The lowest BCUT2D eigenvalue weighted by Gasteiger charge is -2.32. The number of alkyl halides is 3. The number of carbonyl (C=O) groups is 2. The van der Waals surface area contributed by atoms with Crippen LogP contribution in [0.3, 0.4) is 0 Å². The first-order valence-electron chi connectivity index (χ1n) is 9.35. The molecule has 4 amide bonds. The van der Waals surface area contributed by atoms with Gasteiger partial charge in [0.05, 0.1) is 0 Å². The van der Waals surface area contributed by atoms with Gasteiger partial charge in [0, 0.05) is 25.2 Å². The van der Waals surface area contributed by atoms with Gasteiger partial charge in [0.25, 0.3) is 0 Å². The second kappa shape index (κ2) is 8.93. The minimum Gasteiger partial charge on any atom is -0.335 e. The number of carbonyl (C=O) groups excluding carboxylic acids is 2. The van der Waals surface area contributed by atoms with E-state index >= 15 is 0 Å². The molecule has 2 heterocycles. The van der Waals surface area contributed by atoms with Crippen molar-refractivity contribution in [3.8, 4) is 0 Å². The third kappa shape index (κ3) is 5.69. The summed E-state index contributed by atoms with van der Waals surface area (Å²) in [5, 5.41) is 13.4. The molecule has 1 saturated carbocycles. The molecular weight excluding hydrogens is 397 g/mol. The number of urea groups is 2. The highest BCUT2D eigenvalue weighted by atomic mass is 32.1. The number of nitrogens with one attached hydrogen (secondary N) is 3. The average Bonchev–Trinajstić information content (AvgIpc) is 3.12. The van der Waals surface area contributed by atoms with E-state index in [-0.39, 0.29) is 34.6 Å². The average molecular weight is 420 g/mol. The number of halogens is 3. The first kappa shape index (κ1) is 20.6. The van der Waals surface area contributed by atoms with Gasteiger partial charge < -0.3 is 15.5 Å². The van der Waals surface area contributed by atoms with Crippen LogP contribution in [0.2, 0.25) is 0 Å². The van der Waals surface area contributed by atoms with Crippen LogP contribution in [0.1, 0.15) is 50.0 Å². The smallest absolute Gasteiger partial charge is 0.335 e. The minimum absolute atomic E-state index is 0.0361. The van der Waals surface area contributed by atoms with E-state index in [0.29, 0.717) is 25.9 Å². The number of piperidine rings is 1. The monoisotopic (exact) mass is 420 g/mol. The minimum atomic E-state index is -4.58. The first-order valence-corrected chi connectivity index (χ1v) is 10.2. The van der Waals surface area contributed by atoms with Gasteiger partial charge in [0.2, 0.25) is 10.1 Å². The second-order valence-electron chi connectivity index (χ2n) is 7.05. The summed E-state index contributed by atoms with van der Waals surface area (Å²) in [5.74, 6) is 0. The van der Waals surface area contributed by atoms with Crippen molar-refractivity contribution in [1.82, 2.24) is 25.7 Å². The van der Waals surface area contributed by atoms with Crippen molar-refractivity contribution in [2.75, 3.05) is 18.4 Å². The Bertz CT molecular complexity index is 684. The molecule has 0 radical (unpaired) electrons. The summed E-state index contributed by atoms with van der Waals surface area (Å²) in [6, 6.07) is -0.502. The molecule has 3 rings (SSSR count). The van der Waals surface area contributed by atoms with Crippen molar-refractivity contribution < 1.29 is 22.8 Å². The van der Waals surface area contributed by atoms with Gasteiger partial charge in [0.1, 0.15) is 0 Å². The van der Waals surface area contributed by atoms with Crippen LogP contribution < -0.4 is 16.0 Å². The quantitative estimate of drug-likeness (QED) is 0.699. The Kier molecular flexibility index (Phi) is 6.57. The largest absolute Gasteiger partial charge is 0.445 e. The van der Waals surface area contributed by atoms with Crippen molar-refractivity contribution in [2.24, 2.45) is 0 Å². The molecule has 156 valence electrons. The van der Waals surface area contributed by atoms with Crippen LogP contribution in [0, 0.1) is 0 Å². The molecule has 12 heteroatoms. The SMILES string of the molecule is O=C(NC1CCCCC1)NC1CCN(C(=O)Nc2nnc(C(F)(F)F)s2)CC1. The van der Waals surface area contributed by atoms with Gasteiger partial charge >= 0.3 is 18.2 Å². The van der Waals surface area contributed by atoms with Gasteiger partial charge in [-0.05, 0) is 25.7 Å². The molecule has 0 bridgehead atoms. The van der Waals surface area contributed by atoms with Gasteiger partial charge in [-0.1, -0.05) is 30.6 Å². The van der Waals surface area contributed by atoms with Crippen LogP contribution in [0.15, 0.2) is 0 Å². The van der Waals surface area contributed by atoms with E-state index in [4.69, 9.17) is 0 Å². The van der Waals surface area contributed by atoms with Gasteiger partial charge in [-0.15, -0.1) is 10.2 Å². The van der Waals surface area contributed by atoms with E-state index in [1.165, 1.54) is 11.3 Å². The third-order valence-corrected chi connectivity index (χ3v) is 5.82. The molecule has 2 aliphatic rings. The Labute approximate surface area is 164 Å². The van der Waals surface area contributed by atoms with E-state index < -0.39 is 17.2 Å². The summed E-state index contributed by atoms with van der Waals surface area (Å²) in [6.45, 7) is 0.788. The molecule has 1 aliphatic carbocycles. The standard InChI is InChI=1S/C16H23F3N6O2S/c17-16(18,19)12-23-24-14(28-12)22-15(27)25-8-6-11(7-9-25)21-13(26)20-10-4-2-1-3-5-10/h10-11H,1-9H2,(H2,20,21,26)(H,22,24,27). The summed E-state index contributed by atoms with van der Waals surface area (Å²) in [7, 11) is 0. The zero-order valence-electron chi connectivity index (χ0n) is 15.2. The van der Waals surface area contributed by atoms with Crippen molar-refractivity contribution >= 4 is 28.5 Å². The lowest BCUT2D eigenvalue weighted by molar-refractivity contribution is -0.138. The number of likely N-dealkylation sites (tertiary alicyclic amines) is 1. The van der Waals surface area contributed by atoms with Crippen molar-refractivity contribution in [3.05, 3.63) is 5.01 Å². The molecule has 1 aromatic rings. The summed E-state index contributed by atoms with van der Waals surface area (Å²) in [5.41, 5.74) is 0. The maximum Gasteiger partial charge on any atom is 0.445 e. The highest BCUT2D eigenvalue weighted by molar-refractivity contribution is 7.15. The lowest BCUT2D eigenvalue weighted by Crippen LogP contribution is -2.51. The third-order valence-electron chi connectivity index (χ3n) is 4.94. The predicted octanol–water partition coefficient (Wildman–Crippen LogP) is 3.19. The van der Waals surface area contributed by atoms with E-state index in [9.17, 15) is 22.8 Å². The number of amides is 4. The highest BCUT2D eigenvalue weighted by Crippen LogP contribution is 2.33. The molecule has 0 unspecified atom stereocenters. The Morgan fingerprint density at radius 1 is 0.964 bits per heavy atom. The van der Waals surface area contributed by atoms with Crippen molar-refractivity contribution in [1.29, 1.82) is 0 Å². The summed E-state index contributed by atoms with van der Waals surface area (Å²) >= 11 is 0.286. The predicted molar refractivity (Wildman–Crippen MR) is 97.1 cm³/mol. The van der Waals surface area contributed by atoms with Gasteiger partial charge in [-0.25, -0.2) is 9.59 Å². The van der Waals surface area contributed by atoms with Crippen LogP contribution in [-0.4, -0.2) is 52.3 Å². The maximum atomic E-state index is 12.5. The number of hydrogen-bond donors (Lipinski definition) is 3. The van der Waals surface area contributed by atoms with Gasteiger partial charge in [-0.2, -0.15) is 13.2 Å². The molecule has 3 N–H and O–H groups in total. The Hall–Kier alpha value is -2.11. The van der Waals surface area contributed by atoms with Crippen LogP contribution in [0.25, 0.3) is 0 Å². The van der Waals surface area contributed by atoms with Gasteiger partial charge in [-0.3, -0.25) is 5.32 Å². The van der Waals surface area contributed by atoms with Crippen LogP contribution in [-0.2, 0) is 6.18 Å². The molecule has 28 heavy (non-hydrogen) atoms. The number of aromatic nitrogens is 2. The van der Waals surface area contributed by atoms with Crippen molar-refractivity contribution in [2.45, 2.75) is 63.2 Å². The normalized spacial score (nSPS) is 19.3. The molecule has 0 atom stereocenters. The fourth-order valence-corrected chi connectivity index (χ4v) is 4.05. The fourth-order valence-electron chi connectivity index (χ4n) is 3.45. The van der Waals surface area contributed by atoms with Gasteiger partial charge in [0.15, 0.2) is 0 Å². The zero-order chi connectivity index (χ0) is 20.1. The molecule has 1 saturated heterocycles. The molecule has 0 aromatic carbocycles. The molecule has 0 spiro atoms. The zero-order valence-corrected chi connectivity index (χ0v) is 16.0. The molecule has 8 nitrogen and oxygen atoms in total. The highest BCUT2D eigenvalue weighted by Gasteiger charge is 2.36. The lowest BCUT2D eigenvalue weighted by atomic mass is 9.96. The topological polar surface area (TPSA) is 99.2 Å². The summed E-state index contributed by atoms with van der Waals surface area (Å²) in [4.78, 5) is 25.8. The summed E-state index contributed by atoms with van der Waals surface area (Å²) in [6.07, 6.45) is 2.08. The van der Waals surface area contributed by atoms with Crippen molar-refractivity contribution in [3.63, 3.8) is 0 Å². The second-order valence-corrected chi connectivity index (χ2v) is 8.03. The first-order chi connectivity index (χ1) is 13.3. The van der Waals surface area contributed by atoms with Crippen LogP contribution >= 0.6 is 11.3 Å². The number of hydrogen-bond acceptors (Lipinski definition) is 5. The molecule has 2 fully saturated rings. The molecular formula is C16H23F3N6O2S. The number of anilines is 1. The van der Waals surface area contributed by atoms with Crippen LogP contribution in [0.4, 0.5) is 27.9 Å². The van der Waals surface area contributed by atoms with Crippen LogP contribution in [0.5, 0.6) is 0 Å². The number of nitrogens with zero attached hydrogens (tertiary/aromatic N) is 3. The van der Waals surface area contributed by atoms with E-state index in [1.807, 2.05) is 0 Å². The fraction of sp³-hybridized carbons (Fsp3) is 0.750. The Morgan fingerprint density at radius 2 is 1.57 bits per heavy atom. The number of rotatable bonds is 3. The molecule has 1 aromatic heterocycles. The molecule has 1 aliphatic heterocycles. The Morgan fingerprint density at radius 3 is 2.14 bits per heavy atom. The maximum absolute atomic E-state index is 12.5. The van der Waals surface area contributed by atoms with E-state index in [0.717, 1.165) is 25.7 Å². The van der Waals surface area contributed by atoms with E-state index in [2.05, 4.69) is 26.1 Å². The van der Waals surface area contributed by atoms with E-state index in [1.54, 1.807) is 0 Å². The summed E-state index contributed by atoms with van der Waals surface area (Å²) < 4.78 is 37.6.